The largest absolute Gasteiger partial charge is 0.207 e. The van der Waals surface area contributed by atoms with E-state index in [1.165, 1.54) is 11.1 Å². The Balaban J connectivity index is 2.78. The summed E-state index contributed by atoms with van der Waals surface area (Å²) in [5.41, 5.74) is 4.57. The fourth-order valence-electron chi connectivity index (χ4n) is 2.84. The summed E-state index contributed by atoms with van der Waals surface area (Å²) in [6.07, 6.45) is 1.05. The molecule has 0 fully saturated rings. The van der Waals surface area contributed by atoms with Crippen molar-refractivity contribution in [1.29, 1.82) is 0 Å². The Hall–Kier alpha value is -0.370. The highest BCUT2D eigenvalue weighted by Gasteiger charge is 2.38. The van der Waals surface area contributed by atoms with Crippen molar-refractivity contribution >= 4 is 15.9 Å². The predicted molar refractivity (Wildman–Crippen MR) is 65.2 cm³/mol. The summed E-state index contributed by atoms with van der Waals surface area (Å²) in [5, 5.41) is 0. The Kier molecular flexibility index (Phi) is 2.45. The molecule has 0 heterocycles. The third kappa shape index (κ3) is 1.54. The van der Waals surface area contributed by atoms with Crippen molar-refractivity contribution in [2.24, 2.45) is 0 Å². The topological polar surface area (TPSA) is 0 Å². The Morgan fingerprint density at radius 1 is 1.40 bits per heavy atom. The number of hydrogen-bond acceptors (Lipinski definition) is 0. The number of alkyl halides is 1. The van der Waals surface area contributed by atoms with E-state index in [4.69, 9.17) is 0 Å². The molecule has 1 aliphatic rings. The molecule has 0 saturated heterocycles. The lowest BCUT2D eigenvalue weighted by Crippen LogP contribution is -2.14. The van der Waals surface area contributed by atoms with Crippen LogP contribution < -0.4 is 0 Å². The molecular weight excluding hydrogens is 255 g/mol. The van der Waals surface area contributed by atoms with Gasteiger partial charge in [0.05, 0.1) is 0 Å². The van der Waals surface area contributed by atoms with Crippen LogP contribution in [0.1, 0.15) is 47.3 Å². The third-order valence-electron chi connectivity index (χ3n) is 3.45. The molecule has 1 aliphatic carbocycles. The van der Waals surface area contributed by atoms with Gasteiger partial charge < -0.3 is 0 Å². The van der Waals surface area contributed by atoms with Gasteiger partial charge in [-0.15, -0.1) is 0 Å². The lowest BCUT2D eigenvalue weighted by molar-refractivity contribution is 0.518. The minimum absolute atomic E-state index is 0.0756. The fraction of sp³-hybridized carbons (Fsp3) is 0.538. The Morgan fingerprint density at radius 3 is 2.60 bits per heavy atom. The number of fused-ring (bicyclic) bond motifs is 1. The van der Waals surface area contributed by atoms with Gasteiger partial charge in [0.25, 0.3) is 0 Å². The van der Waals surface area contributed by atoms with Gasteiger partial charge in [-0.05, 0) is 54.0 Å². The third-order valence-corrected chi connectivity index (χ3v) is 4.23. The smallest absolute Gasteiger partial charge is 0.126 e. The van der Waals surface area contributed by atoms with Crippen LogP contribution in [0.2, 0.25) is 0 Å². The molecule has 2 rings (SSSR count). The molecule has 0 aromatic heterocycles. The SMILES string of the molecule is Cc1cc(F)c(C)c2c1C(C)(C)CC2Br. The Bertz CT molecular complexity index is 421. The summed E-state index contributed by atoms with van der Waals surface area (Å²) < 4.78 is 13.6. The maximum atomic E-state index is 13.6. The Labute approximate surface area is 99.0 Å². The van der Waals surface area contributed by atoms with E-state index in [-0.39, 0.29) is 11.2 Å². The van der Waals surface area contributed by atoms with Crippen molar-refractivity contribution in [2.45, 2.75) is 44.4 Å². The molecule has 1 aromatic carbocycles. The van der Waals surface area contributed by atoms with E-state index in [2.05, 4.69) is 29.8 Å². The zero-order chi connectivity index (χ0) is 11.4. The molecule has 0 aliphatic heterocycles. The van der Waals surface area contributed by atoms with Crippen molar-refractivity contribution in [1.82, 2.24) is 0 Å². The summed E-state index contributed by atoms with van der Waals surface area (Å²) in [6.45, 7) is 8.35. The average molecular weight is 271 g/mol. The van der Waals surface area contributed by atoms with E-state index in [0.29, 0.717) is 4.83 Å². The maximum absolute atomic E-state index is 13.6. The molecule has 0 saturated carbocycles. The van der Waals surface area contributed by atoms with Gasteiger partial charge in [0, 0.05) is 4.83 Å². The predicted octanol–water partition coefficient (Wildman–Crippen LogP) is 4.56. The minimum Gasteiger partial charge on any atom is -0.207 e. The number of aryl methyl sites for hydroxylation is 1. The average Bonchev–Trinajstić information content (AvgIpc) is 2.32. The molecule has 0 spiro atoms. The van der Waals surface area contributed by atoms with Crippen molar-refractivity contribution in [3.05, 3.63) is 34.1 Å². The van der Waals surface area contributed by atoms with E-state index in [9.17, 15) is 4.39 Å². The van der Waals surface area contributed by atoms with Crippen LogP contribution >= 0.6 is 15.9 Å². The second-order valence-corrected chi connectivity index (χ2v) is 6.25. The van der Waals surface area contributed by atoms with Crippen LogP contribution in [0.25, 0.3) is 0 Å². The van der Waals surface area contributed by atoms with Crippen molar-refractivity contribution in [3.63, 3.8) is 0 Å². The molecule has 1 unspecified atom stereocenters. The molecule has 15 heavy (non-hydrogen) atoms. The van der Waals surface area contributed by atoms with Crippen molar-refractivity contribution in [3.8, 4) is 0 Å². The quantitative estimate of drug-likeness (QED) is 0.607. The highest BCUT2D eigenvalue weighted by molar-refractivity contribution is 9.09. The molecule has 0 bridgehead atoms. The highest BCUT2D eigenvalue weighted by atomic mass is 79.9. The van der Waals surface area contributed by atoms with Crippen molar-refractivity contribution < 1.29 is 4.39 Å². The molecule has 0 N–H and O–H groups in total. The van der Waals surface area contributed by atoms with Gasteiger partial charge in [-0.3, -0.25) is 0 Å². The van der Waals surface area contributed by atoms with E-state index in [0.717, 1.165) is 17.5 Å². The van der Waals surface area contributed by atoms with Gasteiger partial charge >= 0.3 is 0 Å². The monoisotopic (exact) mass is 270 g/mol. The van der Waals surface area contributed by atoms with Crippen molar-refractivity contribution in [2.75, 3.05) is 0 Å². The van der Waals surface area contributed by atoms with Crippen LogP contribution in [0, 0.1) is 19.7 Å². The zero-order valence-corrected chi connectivity index (χ0v) is 11.2. The van der Waals surface area contributed by atoms with Crippen LogP contribution in [0.15, 0.2) is 6.07 Å². The first-order valence-corrected chi connectivity index (χ1v) is 6.20. The lowest BCUT2D eigenvalue weighted by Gasteiger charge is -2.21. The number of hydrogen-bond donors (Lipinski definition) is 0. The van der Waals surface area contributed by atoms with Crippen LogP contribution in [0.5, 0.6) is 0 Å². The van der Waals surface area contributed by atoms with Crippen LogP contribution in [-0.4, -0.2) is 0 Å². The van der Waals surface area contributed by atoms with Crippen LogP contribution in [0.3, 0.4) is 0 Å². The fourth-order valence-corrected chi connectivity index (χ4v) is 4.22. The van der Waals surface area contributed by atoms with E-state index in [1.54, 1.807) is 6.07 Å². The molecule has 2 heteroatoms. The second-order valence-electron chi connectivity index (χ2n) is 5.14. The second kappa shape index (κ2) is 3.31. The molecule has 1 atom stereocenters. The summed E-state index contributed by atoms with van der Waals surface area (Å²) in [5.74, 6) is -0.0756. The lowest BCUT2D eigenvalue weighted by atomic mass is 9.83. The van der Waals surface area contributed by atoms with E-state index in [1.807, 2.05) is 13.8 Å². The van der Waals surface area contributed by atoms with E-state index < -0.39 is 0 Å². The molecule has 1 aromatic rings. The minimum atomic E-state index is -0.0756. The first-order valence-electron chi connectivity index (χ1n) is 5.29. The zero-order valence-electron chi connectivity index (χ0n) is 9.62. The maximum Gasteiger partial charge on any atom is 0.126 e. The first-order chi connectivity index (χ1) is 6.84. The molecule has 82 valence electrons. The van der Waals surface area contributed by atoms with Crippen LogP contribution in [-0.2, 0) is 5.41 Å². The standard InChI is InChI=1S/C13H16BrF/c1-7-5-10(15)8(2)11-9(14)6-13(3,4)12(7)11/h5,9H,6H2,1-4H3. The van der Waals surface area contributed by atoms with Crippen LogP contribution in [0.4, 0.5) is 4.39 Å². The highest BCUT2D eigenvalue weighted by Crippen LogP contribution is 2.51. The first kappa shape index (κ1) is 11.1. The summed E-state index contributed by atoms with van der Waals surface area (Å²) in [6, 6.07) is 1.67. The summed E-state index contributed by atoms with van der Waals surface area (Å²) in [4.78, 5) is 0.303. The van der Waals surface area contributed by atoms with E-state index >= 15 is 0 Å². The number of rotatable bonds is 0. The molecule has 0 radical (unpaired) electrons. The Morgan fingerprint density at radius 2 is 2.00 bits per heavy atom. The van der Waals surface area contributed by atoms with Gasteiger partial charge in [0.2, 0.25) is 0 Å². The molecule has 0 amide bonds. The molecule has 0 nitrogen and oxygen atoms in total. The van der Waals surface area contributed by atoms with Gasteiger partial charge in [-0.1, -0.05) is 29.8 Å². The molecular formula is C13H16BrF. The summed E-state index contributed by atoms with van der Waals surface area (Å²) in [7, 11) is 0. The normalized spacial score (nSPS) is 22.9. The van der Waals surface area contributed by atoms with Gasteiger partial charge in [0.1, 0.15) is 5.82 Å². The number of halogens is 2. The van der Waals surface area contributed by atoms with Gasteiger partial charge in [-0.25, -0.2) is 4.39 Å². The number of benzene rings is 1. The van der Waals surface area contributed by atoms with Gasteiger partial charge in [0.15, 0.2) is 0 Å². The van der Waals surface area contributed by atoms with Gasteiger partial charge in [-0.2, -0.15) is 0 Å². The summed E-state index contributed by atoms with van der Waals surface area (Å²) >= 11 is 3.67.